The maximum absolute atomic E-state index is 5.25. The molecular weight excluding hydrogens is 320 g/mol. The molecule has 3 aromatic rings. The van der Waals surface area contributed by atoms with Crippen molar-refractivity contribution >= 4 is 69.4 Å². The molecule has 2 nitrogen and oxygen atoms in total. The molecule has 0 radical (unpaired) electrons. The molecule has 1 aliphatic rings. The van der Waals surface area contributed by atoms with E-state index >= 15 is 0 Å². The van der Waals surface area contributed by atoms with Crippen LogP contribution in [0.15, 0.2) is 42.7 Å². The molecule has 2 aromatic heterocycles. The van der Waals surface area contributed by atoms with Gasteiger partial charge >= 0.3 is 0 Å². The van der Waals surface area contributed by atoms with Crippen molar-refractivity contribution in [1.29, 1.82) is 0 Å². The summed E-state index contributed by atoms with van der Waals surface area (Å²) in [4.78, 5) is 9.36. The van der Waals surface area contributed by atoms with Crippen LogP contribution in [0, 0.1) is 3.14 Å². The minimum absolute atomic E-state index is 0.951. The van der Waals surface area contributed by atoms with E-state index in [1.165, 1.54) is 8.42 Å². The second kappa shape index (κ2) is 4.28. The number of aromatic nitrogens is 2. The van der Waals surface area contributed by atoms with Crippen LogP contribution in [0.5, 0.6) is 0 Å². The van der Waals surface area contributed by atoms with Crippen LogP contribution >= 0.6 is 58.4 Å². The predicted molar refractivity (Wildman–Crippen MR) is 80.8 cm³/mol. The van der Waals surface area contributed by atoms with Gasteiger partial charge in [0, 0.05) is 0 Å². The second-order valence-corrected chi connectivity index (χ2v) is 9.30. The molecule has 0 aliphatic carbocycles. The lowest BCUT2D eigenvalue weighted by molar-refractivity contribution is 0.962. The number of fused-ring (bicyclic) bond motifs is 3. The Balaban J connectivity index is 1.94. The number of hydrogen-bond acceptors (Lipinski definition) is 7. The van der Waals surface area contributed by atoms with Crippen molar-refractivity contribution in [2.24, 2.45) is 0 Å². The van der Waals surface area contributed by atoms with Gasteiger partial charge in [0.2, 0.25) is 0 Å². The van der Waals surface area contributed by atoms with Crippen molar-refractivity contribution in [3.8, 4) is 0 Å². The smallest absolute Gasteiger partial charge is 0.145 e. The van der Waals surface area contributed by atoms with Gasteiger partial charge in [-0.15, -0.1) is 22.7 Å². The average molecular weight is 325 g/mol. The van der Waals surface area contributed by atoms with Crippen molar-refractivity contribution in [2.45, 2.75) is 18.5 Å². The molecular formula is C11H4N2S5. The topological polar surface area (TPSA) is 25.8 Å². The largest absolute Gasteiger partial charge is 0.237 e. The molecule has 0 amide bonds. The third-order valence-electron chi connectivity index (χ3n) is 2.41. The summed E-state index contributed by atoms with van der Waals surface area (Å²) in [5, 5.41) is 1.99. The second-order valence-electron chi connectivity index (χ2n) is 3.56. The minimum atomic E-state index is 0.951. The van der Waals surface area contributed by atoms with E-state index in [2.05, 4.69) is 9.97 Å². The molecule has 0 bridgehead atoms. The Morgan fingerprint density at radius 1 is 0.833 bits per heavy atom. The third kappa shape index (κ3) is 1.81. The molecule has 88 valence electrons. The van der Waals surface area contributed by atoms with Crippen LogP contribution in [0.25, 0.3) is 11.0 Å². The summed E-state index contributed by atoms with van der Waals surface area (Å²) < 4.78 is 3.48. The van der Waals surface area contributed by atoms with E-state index in [0.29, 0.717) is 0 Å². The highest BCUT2D eigenvalue weighted by atomic mass is 32.2. The Kier molecular flexibility index (Phi) is 2.70. The first-order valence-corrected chi connectivity index (χ1v) is 8.73. The molecule has 0 N–H and O–H groups in total. The van der Waals surface area contributed by atoms with Crippen LogP contribution in [0.4, 0.5) is 0 Å². The van der Waals surface area contributed by atoms with E-state index in [4.69, 9.17) is 12.2 Å². The maximum Gasteiger partial charge on any atom is 0.145 e. The molecule has 0 saturated carbocycles. The van der Waals surface area contributed by atoms with E-state index in [9.17, 15) is 0 Å². The van der Waals surface area contributed by atoms with Gasteiger partial charge in [0.1, 0.15) is 13.2 Å². The predicted octanol–water partition coefficient (Wildman–Crippen LogP) is 5.10. The van der Waals surface area contributed by atoms with Crippen molar-refractivity contribution in [2.75, 3.05) is 0 Å². The molecule has 0 saturated heterocycles. The molecule has 3 heterocycles. The van der Waals surface area contributed by atoms with E-state index < -0.39 is 0 Å². The lowest BCUT2D eigenvalue weighted by Gasteiger charge is -2.12. The van der Waals surface area contributed by atoms with E-state index in [0.717, 1.165) is 24.2 Å². The number of benzene rings is 1. The van der Waals surface area contributed by atoms with E-state index in [1.807, 2.05) is 24.3 Å². The fraction of sp³-hybridized carbons (Fsp3) is 0. The fourth-order valence-corrected chi connectivity index (χ4v) is 7.55. The molecule has 0 spiro atoms. The highest BCUT2D eigenvalue weighted by Gasteiger charge is 2.22. The van der Waals surface area contributed by atoms with Crippen LogP contribution in [-0.2, 0) is 0 Å². The normalized spacial score (nSPS) is 13.3. The summed E-state index contributed by atoms with van der Waals surface area (Å²) in [5.74, 6) is 0. The number of nitrogens with zero attached hydrogens (tertiary/aromatic N) is 2. The molecule has 0 unspecified atom stereocenters. The van der Waals surface area contributed by atoms with Crippen LogP contribution in [0.2, 0.25) is 0 Å². The van der Waals surface area contributed by atoms with Gasteiger partial charge in [-0.2, -0.15) is 0 Å². The SMILES string of the molecule is S=c1sc2c(s1)Sc1nc3ccccc3nc1S2. The molecule has 0 fully saturated rings. The summed E-state index contributed by atoms with van der Waals surface area (Å²) in [5.41, 5.74) is 1.90. The monoisotopic (exact) mass is 324 g/mol. The van der Waals surface area contributed by atoms with Gasteiger partial charge in [-0.3, -0.25) is 0 Å². The van der Waals surface area contributed by atoms with Gasteiger partial charge in [-0.05, 0) is 12.1 Å². The number of rotatable bonds is 0. The quantitative estimate of drug-likeness (QED) is 0.419. The Labute approximate surface area is 124 Å². The van der Waals surface area contributed by atoms with Crippen LogP contribution in [0.3, 0.4) is 0 Å². The molecule has 7 heteroatoms. The summed E-state index contributed by atoms with van der Waals surface area (Å²) >= 11 is 12.0. The van der Waals surface area contributed by atoms with Gasteiger partial charge in [0.05, 0.1) is 19.5 Å². The minimum Gasteiger partial charge on any atom is -0.237 e. The van der Waals surface area contributed by atoms with Gasteiger partial charge in [-0.1, -0.05) is 47.9 Å². The van der Waals surface area contributed by atoms with Crippen molar-refractivity contribution in [3.05, 3.63) is 27.4 Å². The Bertz CT molecular complexity index is 755. The standard InChI is InChI=1S/C11H4N2S5/c14-11-17-9-10(18-11)16-8-7(15-9)12-5-3-1-2-4-6(5)13-8/h1-4H. The first-order chi connectivity index (χ1) is 8.79. The maximum atomic E-state index is 5.25. The Morgan fingerprint density at radius 3 is 1.83 bits per heavy atom. The highest BCUT2D eigenvalue weighted by Crippen LogP contribution is 2.52. The lowest BCUT2D eigenvalue weighted by Crippen LogP contribution is -1.94. The van der Waals surface area contributed by atoms with E-state index in [-0.39, 0.29) is 0 Å². The molecule has 1 aromatic carbocycles. The first-order valence-electron chi connectivity index (χ1n) is 5.06. The van der Waals surface area contributed by atoms with Gasteiger partial charge < -0.3 is 0 Å². The summed E-state index contributed by atoms with van der Waals surface area (Å²) in [6, 6.07) is 7.98. The van der Waals surface area contributed by atoms with Crippen molar-refractivity contribution < 1.29 is 0 Å². The van der Waals surface area contributed by atoms with E-state index in [1.54, 1.807) is 46.2 Å². The van der Waals surface area contributed by atoms with Crippen molar-refractivity contribution in [1.82, 2.24) is 9.97 Å². The zero-order valence-corrected chi connectivity index (χ0v) is 12.8. The lowest BCUT2D eigenvalue weighted by atomic mass is 10.3. The fourth-order valence-electron chi connectivity index (χ4n) is 1.66. The summed E-state index contributed by atoms with van der Waals surface area (Å²) in [6.07, 6.45) is 0. The van der Waals surface area contributed by atoms with Gasteiger partial charge in [-0.25, -0.2) is 9.97 Å². The zero-order valence-electron chi connectivity index (χ0n) is 8.75. The zero-order chi connectivity index (χ0) is 12.1. The molecule has 1 aliphatic heterocycles. The van der Waals surface area contributed by atoms with Crippen LogP contribution in [0.1, 0.15) is 0 Å². The van der Waals surface area contributed by atoms with Crippen LogP contribution in [-0.4, -0.2) is 9.97 Å². The van der Waals surface area contributed by atoms with Crippen molar-refractivity contribution in [3.63, 3.8) is 0 Å². The Hall–Kier alpha value is -0.470. The van der Waals surface area contributed by atoms with Gasteiger partial charge in [0.25, 0.3) is 0 Å². The summed E-state index contributed by atoms with van der Waals surface area (Å²) in [6.45, 7) is 0. The van der Waals surface area contributed by atoms with Crippen LogP contribution < -0.4 is 0 Å². The van der Waals surface area contributed by atoms with Gasteiger partial charge in [0.15, 0.2) is 0 Å². The first kappa shape index (κ1) is 11.4. The molecule has 0 atom stereocenters. The molecule has 18 heavy (non-hydrogen) atoms. The summed E-state index contributed by atoms with van der Waals surface area (Å²) in [7, 11) is 0. The number of para-hydroxylation sites is 2. The highest BCUT2D eigenvalue weighted by molar-refractivity contribution is 8.07. The Morgan fingerprint density at radius 2 is 1.33 bits per heavy atom. The average Bonchev–Trinajstić information content (AvgIpc) is 2.72. The molecule has 4 rings (SSSR count). The third-order valence-corrected chi connectivity index (χ3v) is 7.90. The number of hydrogen-bond donors (Lipinski definition) is 0.